The number of benzene rings is 4. The van der Waals surface area contributed by atoms with Crippen LogP contribution in [0.5, 0.6) is 11.5 Å². The molecule has 2 N–H and O–H groups in total. The average molecular weight is 840 g/mol. The van der Waals surface area contributed by atoms with Crippen LogP contribution in [0.4, 0.5) is 43.9 Å². The highest BCUT2D eigenvalue weighted by Crippen LogP contribution is 2.52. The quantitative estimate of drug-likeness (QED) is 0.190. The molecule has 4 heterocycles. The van der Waals surface area contributed by atoms with Crippen molar-refractivity contribution in [1.29, 1.82) is 0 Å². The molecule has 0 radical (unpaired) electrons. The molecule has 16 heteroatoms. The summed E-state index contributed by atoms with van der Waals surface area (Å²) in [6, 6.07) is 20.0. The molecular weight excluding hydrogens is 801 g/mol. The summed E-state index contributed by atoms with van der Waals surface area (Å²) in [5, 5.41) is 6.51. The van der Waals surface area contributed by atoms with E-state index in [1.165, 1.54) is 48.5 Å². The van der Waals surface area contributed by atoms with Crippen LogP contribution in [-0.2, 0) is 35.0 Å². The maximum absolute atomic E-state index is 14.3. The zero-order valence-electron chi connectivity index (χ0n) is 29.9. The molecule has 0 aromatic heterocycles. The van der Waals surface area contributed by atoms with Crippen LogP contribution in [0.2, 0.25) is 0 Å². The van der Waals surface area contributed by atoms with E-state index in [-0.39, 0.29) is 60.2 Å². The van der Waals surface area contributed by atoms with Gasteiger partial charge in [-0.1, -0.05) is 48.5 Å². The van der Waals surface area contributed by atoms with Crippen molar-refractivity contribution >= 4 is 24.8 Å². The second-order valence-electron chi connectivity index (χ2n) is 14.8. The Kier molecular flexibility index (Phi) is 11.8. The lowest BCUT2D eigenvalue weighted by molar-refractivity contribution is -0.229. The molecule has 0 bridgehead atoms. The lowest BCUT2D eigenvalue weighted by atomic mass is 9.74. The van der Waals surface area contributed by atoms with Gasteiger partial charge in [0.25, 0.3) is 0 Å². The van der Waals surface area contributed by atoms with Gasteiger partial charge in [-0.25, -0.2) is 17.6 Å². The third-order valence-corrected chi connectivity index (χ3v) is 11.4. The third kappa shape index (κ3) is 7.42. The molecule has 2 fully saturated rings. The zero-order valence-corrected chi connectivity index (χ0v) is 31.5. The van der Waals surface area contributed by atoms with Gasteiger partial charge in [-0.3, -0.25) is 0 Å². The number of nitrogens with one attached hydrogen (secondary N) is 2. The van der Waals surface area contributed by atoms with Gasteiger partial charge in [0.2, 0.25) is 11.3 Å². The summed E-state index contributed by atoms with van der Waals surface area (Å²) in [6.07, 6.45) is -9.48. The van der Waals surface area contributed by atoms with Crippen LogP contribution in [0.1, 0.15) is 47.2 Å². The maximum atomic E-state index is 14.3. The van der Waals surface area contributed by atoms with Crippen molar-refractivity contribution in [3.8, 4) is 11.5 Å². The molecule has 4 aromatic rings. The van der Waals surface area contributed by atoms with Crippen molar-refractivity contribution in [3.63, 3.8) is 0 Å². The monoisotopic (exact) mass is 838 g/mol. The van der Waals surface area contributed by atoms with E-state index < -0.39 is 45.6 Å². The number of alkyl halides is 8. The van der Waals surface area contributed by atoms with Crippen molar-refractivity contribution in [2.24, 2.45) is 0 Å². The number of fused-ring (bicyclic) bond motifs is 6. The van der Waals surface area contributed by atoms with Crippen LogP contribution in [-0.4, -0.2) is 50.7 Å². The third-order valence-electron chi connectivity index (χ3n) is 11.4. The van der Waals surface area contributed by atoms with Gasteiger partial charge in [0.15, 0.2) is 0 Å². The smallest absolute Gasteiger partial charge is 0.426 e. The van der Waals surface area contributed by atoms with E-state index in [1.54, 1.807) is 24.3 Å². The Balaban J connectivity index is 0.000000207. The molecule has 56 heavy (non-hydrogen) atoms. The molecule has 304 valence electrons. The van der Waals surface area contributed by atoms with Crippen molar-refractivity contribution in [1.82, 2.24) is 10.6 Å². The number of hydrogen-bond donors (Lipinski definition) is 2. The fourth-order valence-electron chi connectivity index (χ4n) is 8.07. The summed E-state index contributed by atoms with van der Waals surface area (Å²) in [5.74, 6) is -0.0950. The standard InChI is InChI=1S/2C20H18F5NO.2ClH/c2*1-18(22,20(23,24)25)13-4-7-15-16(8-13)27-17-10-26-11-19(15,17)9-12-2-5-14(21)6-3-12;;/h2*2-8,17,26H,9-11H2,1H3;2*1H. The fraction of sp³-hybridized carbons (Fsp3) is 0.400. The van der Waals surface area contributed by atoms with Crippen LogP contribution in [0.25, 0.3) is 0 Å². The molecule has 8 rings (SSSR count). The summed E-state index contributed by atoms with van der Waals surface area (Å²) in [4.78, 5) is 0. The Morgan fingerprint density at radius 3 is 1.21 bits per heavy atom. The normalized spacial score (nSPS) is 25.3. The van der Waals surface area contributed by atoms with Gasteiger partial charge >= 0.3 is 12.4 Å². The molecule has 6 unspecified atom stereocenters. The van der Waals surface area contributed by atoms with Crippen LogP contribution in [0, 0.1) is 11.6 Å². The highest BCUT2D eigenvalue weighted by Gasteiger charge is 2.57. The van der Waals surface area contributed by atoms with Gasteiger partial charge in [-0.2, -0.15) is 26.3 Å². The maximum Gasteiger partial charge on any atom is 0.426 e. The van der Waals surface area contributed by atoms with Crippen molar-refractivity contribution in [2.45, 2.75) is 73.4 Å². The fourth-order valence-corrected chi connectivity index (χ4v) is 8.07. The first-order chi connectivity index (χ1) is 25.3. The molecule has 6 atom stereocenters. The second-order valence-corrected chi connectivity index (χ2v) is 14.8. The van der Waals surface area contributed by atoms with Gasteiger partial charge in [0.05, 0.1) is 10.8 Å². The van der Waals surface area contributed by atoms with Crippen LogP contribution in [0.15, 0.2) is 84.9 Å². The topological polar surface area (TPSA) is 42.5 Å². The van der Waals surface area contributed by atoms with Crippen molar-refractivity contribution in [3.05, 3.63) is 130 Å². The predicted molar refractivity (Wildman–Crippen MR) is 195 cm³/mol. The number of hydrogen-bond acceptors (Lipinski definition) is 4. The minimum atomic E-state index is -5.01. The highest BCUT2D eigenvalue weighted by atomic mass is 35.5. The molecule has 0 amide bonds. The Labute approximate surface area is 329 Å². The highest BCUT2D eigenvalue weighted by molar-refractivity contribution is 5.85. The van der Waals surface area contributed by atoms with Crippen molar-refractivity contribution < 1.29 is 53.4 Å². The first-order valence-corrected chi connectivity index (χ1v) is 17.3. The lowest BCUT2D eigenvalue weighted by Crippen LogP contribution is -2.39. The number of rotatable bonds is 6. The molecule has 4 nitrogen and oxygen atoms in total. The Morgan fingerprint density at radius 1 is 0.554 bits per heavy atom. The van der Waals surface area contributed by atoms with Gasteiger partial charge < -0.3 is 20.1 Å². The Morgan fingerprint density at radius 2 is 0.893 bits per heavy atom. The summed E-state index contributed by atoms with van der Waals surface area (Å²) >= 11 is 0. The summed E-state index contributed by atoms with van der Waals surface area (Å²) in [7, 11) is 0. The van der Waals surface area contributed by atoms with E-state index in [2.05, 4.69) is 10.6 Å². The molecule has 0 spiro atoms. The molecular formula is C40H38Cl2F10N2O2. The largest absolute Gasteiger partial charge is 0.488 e. The predicted octanol–water partition coefficient (Wildman–Crippen LogP) is 9.68. The summed E-state index contributed by atoms with van der Waals surface area (Å²) < 4.78 is 145. The minimum absolute atomic E-state index is 0. The first kappa shape index (κ1) is 43.4. The SMILES string of the molecule is CC(F)(c1ccc2c(c1)OC1CNCC21Cc1ccc(F)cc1)C(F)(F)F.CC(F)(c1ccc2c(c1)OC1CNCC21Cc1ccc(F)cc1)C(F)(F)F.Cl.Cl. The number of halogens is 12. The van der Waals surface area contributed by atoms with E-state index in [0.717, 1.165) is 34.4 Å². The van der Waals surface area contributed by atoms with Gasteiger partial charge in [-0.15, -0.1) is 24.8 Å². The van der Waals surface area contributed by atoms with E-state index >= 15 is 0 Å². The van der Waals surface area contributed by atoms with Crippen LogP contribution in [0.3, 0.4) is 0 Å². The summed E-state index contributed by atoms with van der Waals surface area (Å²) in [6.45, 7) is 3.26. The lowest BCUT2D eigenvalue weighted by Gasteiger charge is -2.28. The average Bonchev–Trinajstić information content (AvgIpc) is 3.83. The molecule has 4 aliphatic rings. The zero-order chi connectivity index (χ0) is 38.9. The van der Waals surface area contributed by atoms with Gasteiger partial charge in [0.1, 0.15) is 35.3 Å². The molecule has 0 saturated carbocycles. The van der Waals surface area contributed by atoms with E-state index in [9.17, 15) is 43.9 Å². The van der Waals surface area contributed by atoms with Gasteiger partial charge in [-0.05, 0) is 74.2 Å². The summed E-state index contributed by atoms with van der Waals surface area (Å²) in [5.41, 5.74) is -5.50. The van der Waals surface area contributed by atoms with Crippen molar-refractivity contribution in [2.75, 3.05) is 26.2 Å². The molecule has 2 saturated heterocycles. The molecule has 4 aromatic carbocycles. The Bertz CT molecular complexity index is 1880. The number of ether oxygens (including phenoxy) is 2. The van der Waals surface area contributed by atoms with E-state index in [1.807, 2.05) is 0 Å². The van der Waals surface area contributed by atoms with Gasteiger partial charge in [0, 0.05) is 48.4 Å². The Hall–Kier alpha value is -3.72. The minimum Gasteiger partial charge on any atom is -0.488 e. The van der Waals surface area contributed by atoms with Crippen LogP contribution >= 0.6 is 24.8 Å². The molecule has 0 aliphatic carbocycles. The first-order valence-electron chi connectivity index (χ1n) is 17.3. The van der Waals surface area contributed by atoms with E-state index in [4.69, 9.17) is 9.47 Å². The van der Waals surface area contributed by atoms with E-state index in [0.29, 0.717) is 52.9 Å². The molecule has 4 aliphatic heterocycles. The van der Waals surface area contributed by atoms with Crippen LogP contribution < -0.4 is 20.1 Å². The second kappa shape index (κ2) is 15.2.